The van der Waals surface area contributed by atoms with Crippen molar-refractivity contribution in [3.05, 3.63) is 59.9 Å². The van der Waals surface area contributed by atoms with E-state index in [1.54, 1.807) is 0 Å². The molecule has 0 saturated heterocycles. The van der Waals surface area contributed by atoms with Crippen LogP contribution in [0, 0.1) is 0 Å². The largest absolute Gasteiger partial charge is 0.480 e. The van der Waals surface area contributed by atoms with Crippen LogP contribution >= 0.6 is 0 Å². The Kier molecular flexibility index (Phi) is 5.80. The number of nitrogens with one attached hydrogen (secondary N) is 1. The average Bonchev–Trinajstić information content (AvgIpc) is 3.00. The number of benzene rings is 1. The molecule has 6 nitrogen and oxygen atoms in total. The van der Waals surface area contributed by atoms with Crippen LogP contribution in [-0.2, 0) is 29.1 Å². The maximum atomic E-state index is 11.8. The molecule has 0 fully saturated rings. The van der Waals surface area contributed by atoms with Gasteiger partial charge in [-0.25, -0.2) is 9.59 Å². The first-order valence-electron chi connectivity index (χ1n) is 7.44. The van der Waals surface area contributed by atoms with Gasteiger partial charge in [0.05, 0.1) is 0 Å². The number of carbonyl (C=O) groups is 2. The minimum absolute atomic E-state index is 0.102. The number of aryl methyl sites for hydroxylation is 1. The smallest absolute Gasteiger partial charge is 0.408 e. The van der Waals surface area contributed by atoms with Crippen LogP contribution in [0.4, 0.5) is 4.79 Å². The fraction of sp³-hybridized carbons (Fsp3) is 0.294. The third-order valence-electron chi connectivity index (χ3n) is 3.48. The Balaban J connectivity index is 1.91. The zero-order chi connectivity index (χ0) is 16.7. The summed E-state index contributed by atoms with van der Waals surface area (Å²) in [7, 11) is 0. The molecule has 1 aromatic heterocycles. The minimum atomic E-state index is -1.09. The minimum Gasteiger partial charge on any atom is -0.480 e. The fourth-order valence-electron chi connectivity index (χ4n) is 2.26. The standard InChI is InChI=1S/C17H20N2O4/c1-2-19-10-6-9-14(19)11-15(16(20)21)18-17(22)23-12-13-7-4-3-5-8-13/h3-10,15H,2,11-12H2,1H3,(H,18,22)(H,20,21). The molecule has 2 rings (SSSR count). The number of nitrogens with zero attached hydrogens (tertiary/aromatic N) is 1. The van der Waals surface area contributed by atoms with Gasteiger partial charge in [0.2, 0.25) is 0 Å². The molecule has 122 valence electrons. The number of aliphatic carboxylic acids is 1. The zero-order valence-corrected chi connectivity index (χ0v) is 12.9. The van der Waals surface area contributed by atoms with Crippen molar-refractivity contribution in [3.8, 4) is 0 Å². The Hall–Kier alpha value is -2.76. The molecule has 1 unspecified atom stereocenters. The SMILES string of the molecule is CCn1cccc1CC(NC(=O)OCc1ccccc1)C(=O)O. The maximum Gasteiger partial charge on any atom is 0.408 e. The monoisotopic (exact) mass is 316 g/mol. The van der Waals surface area contributed by atoms with Crippen molar-refractivity contribution < 1.29 is 19.4 Å². The predicted octanol–water partition coefficient (Wildman–Crippen LogP) is 2.43. The van der Waals surface area contributed by atoms with Gasteiger partial charge in [-0.15, -0.1) is 0 Å². The maximum absolute atomic E-state index is 11.8. The summed E-state index contributed by atoms with van der Waals surface area (Å²) < 4.78 is 7.00. The molecule has 1 aromatic carbocycles. The van der Waals surface area contributed by atoms with Crippen LogP contribution in [0.15, 0.2) is 48.7 Å². The average molecular weight is 316 g/mol. The third-order valence-corrected chi connectivity index (χ3v) is 3.48. The topological polar surface area (TPSA) is 80.6 Å². The van der Waals surface area contributed by atoms with Crippen molar-refractivity contribution in [1.29, 1.82) is 0 Å². The number of ether oxygens (including phenoxy) is 1. The van der Waals surface area contributed by atoms with Gasteiger partial charge in [0, 0.05) is 24.9 Å². The van der Waals surface area contributed by atoms with E-state index >= 15 is 0 Å². The van der Waals surface area contributed by atoms with E-state index < -0.39 is 18.1 Å². The van der Waals surface area contributed by atoms with Gasteiger partial charge in [-0.1, -0.05) is 30.3 Å². The predicted molar refractivity (Wildman–Crippen MR) is 85.0 cm³/mol. The number of carboxylic acid groups (broad SMARTS) is 1. The van der Waals surface area contributed by atoms with Gasteiger partial charge >= 0.3 is 12.1 Å². The van der Waals surface area contributed by atoms with Crippen molar-refractivity contribution in [1.82, 2.24) is 9.88 Å². The molecule has 2 aromatic rings. The molecule has 6 heteroatoms. The molecule has 0 saturated carbocycles. The Morgan fingerprint density at radius 2 is 1.96 bits per heavy atom. The van der Waals surface area contributed by atoms with Crippen molar-refractivity contribution >= 4 is 12.1 Å². The van der Waals surface area contributed by atoms with E-state index in [4.69, 9.17) is 4.74 Å². The number of hydrogen-bond donors (Lipinski definition) is 2. The van der Waals surface area contributed by atoms with Crippen molar-refractivity contribution in [2.45, 2.75) is 32.5 Å². The number of amides is 1. The molecule has 0 aliphatic carbocycles. The van der Waals surface area contributed by atoms with Crippen LogP contribution < -0.4 is 5.32 Å². The van der Waals surface area contributed by atoms with Crippen LogP contribution in [0.2, 0.25) is 0 Å². The fourth-order valence-corrected chi connectivity index (χ4v) is 2.26. The lowest BCUT2D eigenvalue weighted by Crippen LogP contribution is -2.42. The lowest BCUT2D eigenvalue weighted by atomic mass is 10.1. The quantitative estimate of drug-likeness (QED) is 0.822. The number of alkyl carbamates (subject to hydrolysis) is 1. The lowest BCUT2D eigenvalue weighted by Gasteiger charge is -2.16. The first-order chi connectivity index (χ1) is 11.1. The molecule has 2 N–H and O–H groups in total. The van der Waals surface area contributed by atoms with E-state index in [1.807, 2.05) is 60.2 Å². The highest BCUT2D eigenvalue weighted by molar-refractivity contribution is 5.80. The first-order valence-corrected chi connectivity index (χ1v) is 7.44. The molecule has 1 amide bonds. The number of aromatic nitrogens is 1. The first kappa shape index (κ1) is 16.6. The Labute approximate surface area is 134 Å². The van der Waals surface area contributed by atoms with E-state index in [1.165, 1.54) is 0 Å². The van der Waals surface area contributed by atoms with Gasteiger partial charge in [-0.05, 0) is 24.6 Å². The zero-order valence-electron chi connectivity index (χ0n) is 12.9. The highest BCUT2D eigenvalue weighted by atomic mass is 16.5. The molecule has 0 aliphatic rings. The van der Waals surface area contributed by atoms with Gasteiger partial charge in [0.15, 0.2) is 0 Å². The molecule has 1 heterocycles. The number of rotatable bonds is 7. The van der Waals surface area contributed by atoms with Crippen molar-refractivity contribution in [2.75, 3.05) is 0 Å². The highest BCUT2D eigenvalue weighted by Crippen LogP contribution is 2.07. The summed E-state index contributed by atoms with van der Waals surface area (Å²) >= 11 is 0. The van der Waals surface area contributed by atoms with Gasteiger partial charge in [0.1, 0.15) is 12.6 Å². The molecule has 0 spiro atoms. The number of carbonyl (C=O) groups excluding carboxylic acids is 1. The number of hydrogen-bond acceptors (Lipinski definition) is 3. The van der Waals surface area contributed by atoms with Gasteiger partial charge in [0.25, 0.3) is 0 Å². The van der Waals surface area contributed by atoms with E-state index in [0.29, 0.717) is 0 Å². The molecule has 23 heavy (non-hydrogen) atoms. The molecule has 0 bridgehead atoms. The Morgan fingerprint density at radius 3 is 2.61 bits per heavy atom. The van der Waals surface area contributed by atoms with Gasteiger partial charge in [-0.3, -0.25) is 0 Å². The number of carboxylic acids is 1. The van der Waals surface area contributed by atoms with Crippen LogP contribution in [-0.4, -0.2) is 27.8 Å². The van der Waals surface area contributed by atoms with E-state index in [9.17, 15) is 14.7 Å². The summed E-state index contributed by atoms with van der Waals surface area (Å²) in [6.45, 7) is 2.82. The van der Waals surface area contributed by atoms with Crippen LogP contribution in [0.1, 0.15) is 18.2 Å². The normalized spacial score (nSPS) is 11.7. The second kappa shape index (κ2) is 8.03. The summed E-state index contributed by atoms with van der Waals surface area (Å²) in [5, 5.41) is 11.7. The Morgan fingerprint density at radius 1 is 1.22 bits per heavy atom. The van der Waals surface area contributed by atoms with E-state index in [2.05, 4.69) is 5.32 Å². The summed E-state index contributed by atoms with van der Waals surface area (Å²) in [4.78, 5) is 23.2. The Bertz CT molecular complexity index is 652. The highest BCUT2D eigenvalue weighted by Gasteiger charge is 2.22. The van der Waals surface area contributed by atoms with E-state index in [-0.39, 0.29) is 13.0 Å². The summed E-state index contributed by atoms with van der Waals surface area (Å²) in [5.41, 5.74) is 1.69. The van der Waals surface area contributed by atoms with Crippen LogP contribution in [0.25, 0.3) is 0 Å². The van der Waals surface area contributed by atoms with Crippen molar-refractivity contribution in [3.63, 3.8) is 0 Å². The third kappa shape index (κ3) is 4.88. The van der Waals surface area contributed by atoms with Crippen molar-refractivity contribution in [2.24, 2.45) is 0 Å². The van der Waals surface area contributed by atoms with Gasteiger partial charge < -0.3 is 19.7 Å². The second-order valence-corrected chi connectivity index (χ2v) is 5.09. The summed E-state index contributed by atoms with van der Waals surface area (Å²) in [5.74, 6) is -1.09. The molecular formula is C17H20N2O4. The van der Waals surface area contributed by atoms with Gasteiger partial charge in [-0.2, -0.15) is 0 Å². The summed E-state index contributed by atoms with van der Waals surface area (Å²) in [6, 6.07) is 11.9. The molecule has 1 atom stereocenters. The lowest BCUT2D eigenvalue weighted by molar-refractivity contribution is -0.139. The molecule has 0 radical (unpaired) electrons. The second-order valence-electron chi connectivity index (χ2n) is 5.09. The van der Waals surface area contributed by atoms with Crippen LogP contribution in [0.5, 0.6) is 0 Å². The molecular weight excluding hydrogens is 296 g/mol. The summed E-state index contributed by atoms with van der Waals surface area (Å²) in [6.07, 6.45) is 1.34. The van der Waals surface area contributed by atoms with Crippen LogP contribution in [0.3, 0.4) is 0 Å². The van der Waals surface area contributed by atoms with E-state index in [0.717, 1.165) is 17.8 Å². The molecule has 0 aliphatic heterocycles.